The molecular formula is C42H45O4P. The largest absolute Gasteiger partial charge is 0.647 e. The van der Waals surface area contributed by atoms with E-state index in [2.05, 4.69) is 75.4 Å². The van der Waals surface area contributed by atoms with Crippen molar-refractivity contribution in [3.63, 3.8) is 0 Å². The molecule has 242 valence electrons. The van der Waals surface area contributed by atoms with Crippen molar-refractivity contribution in [3.05, 3.63) is 126 Å². The van der Waals surface area contributed by atoms with E-state index in [0.717, 1.165) is 107 Å². The standard InChI is InChI=1S/C42H45O4P/c1-4-7-16-34-28-25-31-19-10-13-22-37(31)40(34)44-47(43,45-41-35(17-8-5-2)29-26-32-20-11-14-23-38(32)41)46-42-36(18-9-6-3)30-27-33-21-12-15-24-39(33)42/h10-15,19-30H,4-9,16-18H2,1-3H3. The molecule has 0 fully saturated rings. The minimum absolute atomic E-state index is 0.561. The fraction of sp³-hybridized carbons (Fsp3) is 0.286. The molecule has 0 amide bonds. The highest BCUT2D eigenvalue weighted by molar-refractivity contribution is 7.49. The second-order valence-electron chi connectivity index (χ2n) is 12.4. The fourth-order valence-electron chi connectivity index (χ4n) is 6.27. The fourth-order valence-corrected chi connectivity index (χ4v) is 7.70. The van der Waals surface area contributed by atoms with E-state index in [1.54, 1.807) is 0 Å². The molecule has 0 spiro atoms. The molecule has 0 aliphatic heterocycles. The van der Waals surface area contributed by atoms with Crippen molar-refractivity contribution in [1.82, 2.24) is 0 Å². The molecule has 0 radical (unpaired) electrons. The zero-order valence-electron chi connectivity index (χ0n) is 27.8. The molecule has 6 aromatic rings. The summed E-state index contributed by atoms with van der Waals surface area (Å²) in [6, 6.07) is 36.9. The Morgan fingerprint density at radius 1 is 0.426 bits per heavy atom. The molecule has 5 heteroatoms. The number of fused-ring (bicyclic) bond motifs is 3. The number of phosphoric ester groups is 1. The van der Waals surface area contributed by atoms with Crippen molar-refractivity contribution >= 4 is 40.1 Å². The van der Waals surface area contributed by atoms with Crippen molar-refractivity contribution < 1.29 is 18.1 Å². The quantitative estimate of drug-likeness (QED) is 0.104. The van der Waals surface area contributed by atoms with Gasteiger partial charge in [-0.3, -0.25) is 0 Å². The monoisotopic (exact) mass is 644 g/mol. The number of aryl methyl sites for hydroxylation is 3. The second kappa shape index (κ2) is 15.1. The van der Waals surface area contributed by atoms with E-state index in [9.17, 15) is 0 Å². The predicted molar refractivity (Wildman–Crippen MR) is 197 cm³/mol. The van der Waals surface area contributed by atoms with E-state index in [-0.39, 0.29) is 0 Å². The van der Waals surface area contributed by atoms with Crippen LogP contribution in [0.3, 0.4) is 0 Å². The van der Waals surface area contributed by atoms with Gasteiger partial charge in [0.2, 0.25) is 0 Å². The predicted octanol–water partition coefficient (Wildman–Crippen LogP) is 12.8. The summed E-state index contributed by atoms with van der Waals surface area (Å²) >= 11 is 0. The Kier molecular flexibility index (Phi) is 10.5. The van der Waals surface area contributed by atoms with Crippen LogP contribution in [-0.4, -0.2) is 0 Å². The third kappa shape index (κ3) is 7.34. The number of benzene rings is 6. The van der Waals surface area contributed by atoms with Gasteiger partial charge in [0.05, 0.1) is 0 Å². The van der Waals surface area contributed by atoms with Crippen molar-refractivity contribution in [2.75, 3.05) is 0 Å². The van der Waals surface area contributed by atoms with Gasteiger partial charge in [0.1, 0.15) is 17.2 Å². The van der Waals surface area contributed by atoms with E-state index < -0.39 is 7.82 Å². The van der Waals surface area contributed by atoms with Crippen LogP contribution in [0.15, 0.2) is 109 Å². The lowest BCUT2D eigenvalue weighted by Crippen LogP contribution is -2.11. The van der Waals surface area contributed by atoms with Gasteiger partial charge in [-0.15, -0.1) is 0 Å². The molecule has 47 heavy (non-hydrogen) atoms. The first-order valence-corrected chi connectivity index (χ1v) is 18.7. The molecule has 0 bridgehead atoms. The van der Waals surface area contributed by atoms with Crippen LogP contribution in [0.25, 0.3) is 32.3 Å². The summed E-state index contributed by atoms with van der Waals surface area (Å²) in [4.78, 5) is 0. The number of hydrogen-bond donors (Lipinski definition) is 0. The summed E-state index contributed by atoms with van der Waals surface area (Å²) < 4.78 is 36.0. The molecule has 0 saturated carbocycles. The summed E-state index contributed by atoms with van der Waals surface area (Å²) in [7, 11) is -4.38. The topological polar surface area (TPSA) is 44.8 Å². The first-order chi connectivity index (χ1) is 23.0. The summed E-state index contributed by atoms with van der Waals surface area (Å²) in [6.45, 7) is 6.53. The van der Waals surface area contributed by atoms with Crippen LogP contribution in [0.4, 0.5) is 0 Å². The third-order valence-electron chi connectivity index (χ3n) is 8.89. The van der Waals surface area contributed by atoms with E-state index >= 15 is 4.57 Å². The van der Waals surface area contributed by atoms with Crippen molar-refractivity contribution in [1.29, 1.82) is 0 Å². The molecule has 0 saturated heterocycles. The van der Waals surface area contributed by atoms with Gasteiger partial charge >= 0.3 is 7.82 Å². The minimum Gasteiger partial charge on any atom is -0.385 e. The van der Waals surface area contributed by atoms with Gasteiger partial charge in [0, 0.05) is 16.2 Å². The lowest BCUT2D eigenvalue weighted by atomic mass is 10.0. The lowest BCUT2D eigenvalue weighted by Gasteiger charge is -2.25. The van der Waals surface area contributed by atoms with Crippen molar-refractivity contribution in [2.24, 2.45) is 0 Å². The molecule has 0 unspecified atom stereocenters. The summed E-state index contributed by atoms with van der Waals surface area (Å²) in [5.74, 6) is 1.68. The number of hydrogen-bond acceptors (Lipinski definition) is 4. The minimum atomic E-state index is -4.38. The lowest BCUT2D eigenvalue weighted by molar-refractivity contribution is 0.298. The first-order valence-electron chi connectivity index (χ1n) is 17.2. The summed E-state index contributed by atoms with van der Waals surface area (Å²) in [6.07, 6.45) is 8.43. The molecule has 0 aromatic heterocycles. The molecule has 0 aliphatic carbocycles. The Morgan fingerprint density at radius 3 is 1.02 bits per heavy atom. The average Bonchev–Trinajstić information content (AvgIpc) is 3.10. The zero-order valence-corrected chi connectivity index (χ0v) is 28.7. The van der Waals surface area contributed by atoms with Gasteiger partial charge in [-0.25, -0.2) is 0 Å². The maximum Gasteiger partial charge on any atom is 0.647 e. The van der Waals surface area contributed by atoms with Gasteiger partial charge in [0.15, 0.2) is 0 Å². The Bertz CT molecular complexity index is 1800. The normalized spacial score (nSPS) is 11.7. The molecule has 0 N–H and O–H groups in total. The number of phosphoric acid groups is 1. The van der Waals surface area contributed by atoms with Gasteiger partial charge < -0.3 is 13.6 Å². The summed E-state index contributed by atoms with van der Waals surface area (Å²) in [5, 5.41) is 5.70. The highest BCUT2D eigenvalue weighted by Crippen LogP contribution is 2.55. The number of unbranched alkanes of at least 4 members (excludes halogenated alkanes) is 3. The van der Waals surface area contributed by atoms with Crippen LogP contribution in [0.5, 0.6) is 17.2 Å². The third-order valence-corrected chi connectivity index (χ3v) is 10.1. The molecule has 0 aliphatic rings. The first kappa shape index (κ1) is 32.7. The van der Waals surface area contributed by atoms with Crippen LogP contribution in [0.2, 0.25) is 0 Å². The molecule has 0 heterocycles. The number of rotatable bonds is 15. The molecule has 6 aromatic carbocycles. The smallest absolute Gasteiger partial charge is 0.385 e. The molecule has 0 atom stereocenters. The van der Waals surface area contributed by atoms with Gasteiger partial charge in [-0.2, -0.15) is 4.57 Å². The van der Waals surface area contributed by atoms with Gasteiger partial charge in [0.25, 0.3) is 0 Å². The van der Waals surface area contributed by atoms with E-state index in [1.807, 2.05) is 54.6 Å². The Balaban J connectivity index is 1.56. The average molecular weight is 645 g/mol. The molecule has 6 rings (SSSR count). The van der Waals surface area contributed by atoms with E-state index in [1.165, 1.54) is 0 Å². The van der Waals surface area contributed by atoms with E-state index in [0.29, 0.717) is 17.2 Å². The Hall–Kier alpha value is -4.27. The van der Waals surface area contributed by atoms with Crippen LogP contribution in [0, 0.1) is 0 Å². The van der Waals surface area contributed by atoms with Crippen LogP contribution in [0.1, 0.15) is 76.0 Å². The molecular weight excluding hydrogens is 599 g/mol. The van der Waals surface area contributed by atoms with Crippen LogP contribution in [-0.2, 0) is 23.8 Å². The van der Waals surface area contributed by atoms with E-state index in [4.69, 9.17) is 13.6 Å². The van der Waals surface area contributed by atoms with Crippen LogP contribution >= 0.6 is 7.82 Å². The maximum absolute atomic E-state index is 15.7. The van der Waals surface area contributed by atoms with Gasteiger partial charge in [-0.05, 0) is 71.4 Å². The van der Waals surface area contributed by atoms with Crippen LogP contribution < -0.4 is 13.6 Å². The van der Waals surface area contributed by atoms with Crippen molar-refractivity contribution in [3.8, 4) is 17.2 Å². The Labute approximate surface area is 279 Å². The maximum atomic E-state index is 15.7. The SMILES string of the molecule is CCCCc1ccc2ccccc2c1OP(=O)(Oc1c(CCCC)ccc2ccccc12)Oc1c(CCCC)ccc2ccccc12. The van der Waals surface area contributed by atoms with Gasteiger partial charge in [-0.1, -0.05) is 149 Å². The Morgan fingerprint density at radius 2 is 0.723 bits per heavy atom. The highest BCUT2D eigenvalue weighted by Gasteiger charge is 2.37. The highest BCUT2D eigenvalue weighted by atomic mass is 31.2. The second-order valence-corrected chi connectivity index (χ2v) is 13.8. The summed E-state index contributed by atoms with van der Waals surface area (Å²) in [5.41, 5.74) is 2.98. The van der Waals surface area contributed by atoms with Crippen molar-refractivity contribution in [2.45, 2.75) is 78.6 Å². The molecule has 4 nitrogen and oxygen atoms in total. The zero-order chi connectivity index (χ0) is 32.6.